The number of hydrogen-bond acceptors (Lipinski definition) is 3. The van der Waals surface area contributed by atoms with E-state index in [1.165, 1.54) is 12.2 Å². The topological polar surface area (TPSA) is 46.5 Å². The average Bonchev–Trinajstić information content (AvgIpc) is 2.67. The normalized spacial score (nSPS) is 30.6. The summed E-state index contributed by atoms with van der Waals surface area (Å²) in [6.45, 7) is 10.9. The van der Waals surface area contributed by atoms with Gasteiger partial charge in [-0.15, -0.1) is 6.58 Å². The van der Waals surface area contributed by atoms with Gasteiger partial charge in [-0.3, -0.25) is 4.79 Å². The molecule has 3 heteroatoms. The Bertz CT molecular complexity index is 351. The van der Waals surface area contributed by atoms with Crippen molar-refractivity contribution in [2.45, 2.75) is 57.8 Å². The second kappa shape index (κ2) is 5.37. The number of carbonyl (C=O) groups excluding carboxylic acids is 1. The monoisotopic (exact) mass is 252 g/mol. The summed E-state index contributed by atoms with van der Waals surface area (Å²) in [5.74, 6) is -0.194. The van der Waals surface area contributed by atoms with Crippen molar-refractivity contribution in [1.29, 1.82) is 0 Å². The molecule has 102 valence electrons. The van der Waals surface area contributed by atoms with E-state index in [0.29, 0.717) is 0 Å². The van der Waals surface area contributed by atoms with E-state index in [2.05, 4.69) is 6.58 Å². The Morgan fingerprint density at radius 3 is 2.67 bits per heavy atom. The van der Waals surface area contributed by atoms with Crippen molar-refractivity contribution in [3.05, 3.63) is 24.8 Å². The van der Waals surface area contributed by atoms with Crippen LogP contribution in [0.2, 0.25) is 0 Å². The largest absolute Gasteiger partial charge is 0.386 e. The summed E-state index contributed by atoms with van der Waals surface area (Å²) in [5, 5.41) is 9.55. The second-order valence-electron chi connectivity index (χ2n) is 5.89. The van der Waals surface area contributed by atoms with Crippen molar-refractivity contribution < 1.29 is 14.6 Å². The molecule has 0 radical (unpaired) electrons. The Balaban J connectivity index is 2.61. The van der Waals surface area contributed by atoms with Crippen LogP contribution in [-0.4, -0.2) is 28.2 Å². The number of hydrogen-bond donors (Lipinski definition) is 1. The molecule has 1 heterocycles. The van der Waals surface area contributed by atoms with E-state index in [4.69, 9.17) is 4.74 Å². The van der Waals surface area contributed by atoms with Gasteiger partial charge in [0.05, 0.1) is 17.3 Å². The van der Waals surface area contributed by atoms with Gasteiger partial charge in [0.15, 0.2) is 5.78 Å². The minimum Gasteiger partial charge on any atom is -0.386 e. The van der Waals surface area contributed by atoms with Crippen molar-refractivity contribution in [3.8, 4) is 0 Å². The molecule has 0 aromatic rings. The Labute approximate surface area is 110 Å². The Morgan fingerprint density at radius 1 is 1.61 bits per heavy atom. The molecule has 3 atom stereocenters. The molecule has 0 aromatic heterocycles. The van der Waals surface area contributed by atoms with Gasteiger partial charge in [0, 0.05) is 5.92 Å². The zero-order valence-corrected chi connectivity index (χ0v) is 11.8. The van der Waals surface area contributed by atoms with Gasteiger partial charge in [0.25, 0.3) is 0 Å². The molecule has 1 saturated heterocycles. The molecule has 0 spiro atoms. The third-order valence-corrected chi connectivity index (χ3v) is 3.44. The van der Waals surface area contributed by atoms with E-state index >= 15 is 0 Å². The molecule has 0 bridgehead atoms. The highest BCUT2D eigenvalue weighted by Gasteiger charge is 2.37. The lowest BCUT2D eigenvalue weighted by Gasteiger charge is -2.23. The fourth-order valence-corrected chi connectivity index (χ4v) is 2.02. The molecule has 1 aliphatic heterocycles. The van der Waals surface area contributed by atoms with E-state index < -0.39 is 5.60 Å². The molecule has 0 aliphatic carbocycles. The number of allylic oxidation sites excluding steroid dienone is 1. The van der Waals surface area contributed by atoms with Gasteiger partial charge in [0.1, 0.15) is 0 Å². The summed E-state index contributed by atoms with van der Waals surface area (Å²) in [7, 11) is 0. The SMILES string of the molecule is C=C[C@]1(C)CC[C@@H]([C@@H](C)C(=O)/C=C/C(C)(C)O)O1. The van der Waals surface area contributed by atoms with Crippen LogP contribution in [0.15, 0.2) is 24.8 Å². The molecule has 1 rings (SSSR count). The summed E-state index contributed by atoms with van der Waals surface area (Å²) in [6, 6.07) is 0. The molecule has 0 aromatic carbocycles. The van der Waals surface area contributed by atoms with Crippen LogP contribution in [0.4, 0.5) is 0 Å². The number of ether oxygens (including phenoxy) is 1. The highest BCUT2D eigenvalue weighted by molar-refractivity contribution is 5.92. The first-order valence-corrected chi connectivity index (χ1v) is 6.44. The summed E-state index contributed by atoms with van der Waals surface area (Å²) in [4.78, 5) is 12.0. The van der Waals surface area contributed by atoms with Gasteiger partial charge in [-0.25, -0.2) is 0 Å². The Morgan fingerprint density at radius 2 is 2.22 bits per heavy atom. The van der Waals surface area contributed by atoms with Crippen molar-refractivity contribution >= 4 is 5.78 Å². The lowest BCUT2D eigenvalue weighted by molar-refractivity contribution is -0.123. The Kier molecular flexibility index (Phi) is 4.51. The van der Waals surface area contributed by atoms with Crippen molar-refractivity contribution in [2.24, 2.45) is 5.92 Å². The minimum atomic E-state index is -0.957. The van der Waals surface area contributed by atoms with Gasteiger partial charge in [0.2, 0.25) is 0 Å². The van der Waals surface area contributed by atoms with Crippen LogP contribution in [-0.2, 0) is 9.53 Å². The number of aliphatic hydroxyl groups is 1. The molecule has 1 fully saturated rings. The van der Waals surface area contributed by atoms with Crippen molar-refractivity contribution in [3.63, 3.8) is 0 Å². The smallest absolute Gasteiger partial charge is 0.160 e. The summed E-state index contributed by atoms with van der Waals surface area (Å²) in [5.41, 5.74) is -1.26. The third-order valence-electron chi connectivity index (χ3n) is 3.44. The molecule has 0 amide bonds. The van der Waals surface area contributed by atoms with Crippen LogP contribution in [0.25, 0.3) is 0 Å². The first-order chi connectivity index (χ1) is 8.17. The van der Waals surface area contributed by atoms with Crippen LogP contribution < -0.4 is 0 Å². The van der Waals surface area contributed by atoms with E-state index in [-0.39, 0.29) is 23.4 Å². The number of rotatable bonds is 5. The fraction of sp³-hybridized carbons (Fsp3) is 0.667. The van der Waals surface area contributed by atoms with Crippen molar-refractivity contribution in [1.82, 2.24) is 0 Å². The van der Waals surface area contributed by atoms with Crippen LogP contribution in [0.1, 0.15) is 40.5 Å². The summed E-state index contributed by atoms with van der Waals surface area (Å²) in [6.07, 6.45) is 6.48. The first-order valence-electron chi connectivity index (χ1n) is 6.44. The number of carbonyl (C=O) groups is 1. The standard InChI is InChI=1S/C15H24O3/c1-6-15(5)10-8-13(18-15)11(2)12(16)7-9-14(3,4)17/h6-7,9,11,13,17H,1,8,10H2,2-5H3/b9-7+/t11-,13-,15+/m0/s1. The van der Waals surface area contributed by atoms with Crippen molar-refractivity contribution in [2.75, 3.05) is 0 Å². The van der Waals surface area contributed by atoms with Crippen LogP contribution in [0.5, 0.6) is 0 Å². The summed E-state index contributed by atoms with van der Waals surface area (Å²) < 4.78 is 5.88. The second-order valence-corrected chi connectivity index (χ2v) is 5.89. The quantitative estimate of drug-likeness (QED) is 0.604. The van der Waals surface area contributed by atoms with Gasteiger partial charge in [-0.1, -0.05) is 19.1 Å². The zero-order chi connectivity index (χ0) is 14.0. The lowest BCUT2D eigenvalue weighted by atomic mass is 9.94. The van der Waals surface area contributed by atoms with Gasteiger partial charge < -0.3 is 9.84 Å². The van der Waals surface area contributed by atoms with E-state index in [0.717, 1.165) is 12.8 Å². The highest BCUT2D eigenvalue weighted by Crippen LogP contribution is 2.34. The molecule has 3 nitrogen and oxygen atoms in total. The predicted molar refractivity (Wildman–Crippen MR) is 72.3 cm³/mol. The lowest BCUT2D eigenvalue weighted by Crippen LogP contribution is -2.29. The molecule has 1 aliphatic rings. The summed E-state index contributed by atoms with van der Waals surface area (Å²) >= 11 is 0. The highest BCUT2D eigenvalue weighted by atomic mass is 16.5. The first kappa shape index (κ1) is 15.1. The minimum absolute atomic E-state index is 0.00422. The maximum atomic E-state index is 12.0. The molecule has 0 unspecified atom stereocenters. The molecule has 0 saturated carbocycles. The van der Waals surface area contributed by atoms with E-state index in [9.17, 15) is 9.90 Å². The maximum absolute atomic E-state index is 12.0. The zero-order valence-electron chi connectivity index (χ0n) is 11.8. The van der Waals surface area contributed by atoms with Gasteiger partial charge in [-0.2, -0.15) is 0 Å². The fourth-order valence-electron chi connectivity index (χ4n) is 2.02. The Hall–Kier alpha value is -0.930. The third kappa shape index (κ3) is 4.07. The van der Waals surface area contributed by atoms with E-state index in [1.54, 1.807) is 19.9 Å². The molecule has 1 N–H and O–H groups in total. The number of ketones is 1. The average molecular weight is 252 g/mol. The van der Waals surface area contributed by atoms with Crippen LogP contribution >= 0.6 is 0 Å². The molecule has 18 heavy (non-hydrogen) atoms. The molecular formula is C15H24O3. The molecular weight excluding hydrogens is 228 g/mol. The van der Waals surface area contributed by atoms with Gasteiger partial charge >= 0.3 is 0 Å². The van der Waals surface area contributed by atoms with Crippen LogP contribution in [0, 0.1) is 5.92 Å². The van der Waals surface area contributed by atoms with E-state index in [1.807, 2.05) is 13.8 Å². The maximum Gasteiger partial charge on any atom is 0.160 e. The predicted octanol–water partition coefficient (Wildman–Crippen LogP) is 2.64. The van der Waals surface area contributed by atoms with Gasteiger partial charge in [-0.05, 0) is 39.7 Å². The van der Waals surface area contributed by atoms with Crippen LogP contribution in [0.3, 0.4) is 0 Å².